The molecule has 4 aliphatic carbocycles. The maximum absolute atomic E-state index is 14.1. The van der Waals surface area contributed by atoms with Crippen molar-refractivity contribution < 1.29 is 28.9 Å². The number of rotatable bonds is 9. The number of carboxylic acids is 1. The highest BCUT2D eigenvalue weighted by atomic mass is 35.5. The number of likely N-dealkylation sites (tertiary alicyclic amines) is 1. The van der Waals surface area contributed by atoms with Gasteiger partial charge in [-0.05, 0) is 112 Å². The SMILES string of the molecule is COc1cccc(OC)c1-c1ccc(C(=O)NC2(C(=O)O)C3CC4CC(C3)CC2C4)nc1-c1ccc(Cl)c(OC2CCN(C)CC2)c1. The molecule has 3 aromatic rings. The predicted molar refractivity (Wildman–Crippen MR) is 179 cm³/mol. The Balaban J connectivity index is 1.30. The van der Waals surface area contributed by atoms with Gasteiger partial charge in [-0.2, -0.15) is 0 Å². The van der Waals surface area contributed by atoms with Gasteiger partial charge >= 0.3 is 5.97 Å². The first-order chi connectivity index (χ1) is 22.7. The smallest absolute Gasteiger partial charge is 0.330 e. The first-order valence-corrected chi connectivity index (χ1v) is 17.0. The van der Waals surface area contributed by atoms with E-state index < -0.39 is 17.4 Å². The first-order valence-electron chi connectivity index (χ1n) is 16.6. The van der Waals surface area contributed by atoms with Gasteiger partial charge in [0.15, 0.2) is 0 Å². The lowest BCUT2D eigenvalue weighted by Crippen LogP contribution is -2.70. The second-order valence-electron chi connectivity index (χ2n) is 13.8. The fourth-order valence-corrected chi connectivity index (χ4v) is 9.10. The summed E-state index contributed by atoms with van der Waals surface area (Å²) in [5.41, 5.74) is 1.41. The van der Waals surface area contributed by atoms with Crippen molar-refractivity contribution in [3.63, 3.8) is 0 Å². The van der Waals surface area contributed by atoms with Gasteiger partial charge in [0.2, 0.25) is 0 Å². The monoisotopic (exact) mass is 659 g/mol. The molecule has 1 aromatic heterocycles. The van der Waals surface area contributed by atoms with Crippen molar-refractivity contribution in [2.75, 3.05) is 34.4 Å². The summed E-state index contributed by atoms with van der Waals surface area (Å²) < 4.78 is 17.9. The molecule has 47 heavy (non-hydrogen) atoms. The summed E-state index contributed by atoms with van der Waals surface area (Å²) in [7, 11) is 5.30. The Hall–Kier alpha value is -3.82. The van der Waals surface area contributed by atoms with Crippen LogP contribution in [0, 0.1) is 23.7 Å². The molecule has 0 radical (unpaired) electrons. The van der Waals surface area contributed by atoms with Crippen LogP contribution in [0.4, 0.5) is 0 Å². The van der Waals surface area contributed by atoms with Gasteiger partial charge in [0.05, 0.1) is 30.5 Å². The number of piperidine rings is 1. The molecule has 2 N–H and O–H groups in total. The molecule has 5 fully saturated rings. The minimum atomic E-state index is -1.29. The van der Waals surface area contributed by atoms with Crippen LogP contribution < -0.4 is 19.5 Å². The van der Waals surface area contributed by atoms with Gasteiger partial charge in [-0.25, -0.2) is 9.78 Å². The number of ether oxygens (including phenoxy) is 3. The number of aliphatic carboxylic acids is 1. The Morgan fingerprint density at radius 3 is 2.15 bits per heavy atom. The Labute approximate surface area is 280 Å². The predicted octanol–water partition coefficient (Wildman–Crippen LogP) is 6.57. The number of aromatic nitrogens is 1. The number of hydrogen-bond donors (Lipinski definition) is 2. The molecule has 9 nitrogen and oxygen atoms in total. The molecule has 2 heterocycles. The number of benzene rings is 2. The average Bonchev–Trinajstić information content (AvgIpc) is 3.07. The number of methoxy groups -OCH3 is 2. The number of halogens is 1. The standard InChI is InChI=1S/C37H42ClN3O6/c1-41-13-11-26(12-14-41)47-32-20-23(7-9-28(32)38)34-27(33-30(45-2)5-4-6-31(33)46-3)8-10-29(39-34)35(42)40-37(36(43)44)24-16-21-15-22(18-24)19-25(37)17-21/h4-10,20-22,24-26H,11-19H2,1-3H3,(H,40,42)(H,43,44). The van der Waals surface area contributed by atoms with E-state index in [4.69, 9.17) is 30.8 Å². The van der Waals surface area contributed by atoms with E-state index in [-0.39, 0.29) is 23.6 Å². The minimum absolute atomic E-state index is 0.0333. The van der Waals surface area contributed by atoms with Crippen LogP contribution in [0.25, 0.3) is 22.4 Å². The molecule has 2 aromatic carbocycles. The van der Waals surface area contributed by atoms with Gasteiger partial charge in [-0.15, -0.1) is 0 Å². The van der Waals surface area contributed by atoms with Crippen molar-refractivity contribution in [1.82, 2.24) is 15.2 Å². The molecule has 1 saturated heterocycles. The van der Waals surface area contributed by atoms with Crippen LogP contribution in [-0.2, 0) is 4.79 Å². The lowest BCUT2D eigenvalue weighted by atomic mass is 9.48. The molecule has 0 unspecified atom stereocenters. The number of carbonyl (C=O) groups is 2. The lowest BCUT2D eigenvalue weighted by Gasteiger charge is -2.59. The highest BCUT2D eigenvalue weighted by Crippen LogP contribution is 2.58. The molecular formula is C37H42ClN3O6. The van der Waals surface area contributed by atoms with Gasteiger partial charge in [0.25, 0.3) is 5.91 Å². The zero-order chi connectivity index (χ0) is 32.9. The Bertz CT molecular complexity index is 1640. The summed E-state index contributed by atoms with van der Waals surface area (Å²) in [5.74, 6) is 1.24. The zero-order valence-electron chi connectivity index (χ0n) is 27.1. The second kappa shape index (κ2) is 12.7. The number of hydrogen-bond acceptors (Lipinski definition) is 7. The molecule has 1 amide bonds. The molecule has 4 bridgehead atoms. The van der Waals surface area contributed by atoms with Crippen molar-refractivity contribution in [3.05, 3.63) is 59.2 Å². The van der Waals surface area contributed by atoms with Crippen LogP contribution in [0.2, 0.25) is 5.02 Å². The van der Waals surface area contributed by atoms with Crippen LogP contribution >= 0.6 is 11.6 Å². The van der Waals surface area contributed by atoms with Gasteiger partial charge in [0, 0.05) is 24.2 Å². The molecular weight excluding hydrogens is 618 g/mol. The van der Waals surface area contributed by atoms with Crippen molar-refractivity contribution in [2.24, 2.45) is 23.7 Å². The zero-order valence-corrected chi connectivity index (χ0v) is 27.9. The topological polar surface area (TPSA) is 110 Å². The fraction of sp³-hybridized carbons (Fsp3) is 0.486. The van der Waals surface area contributed by atoms with E-state index in [1.807, 2.05) is 36.4 Å². The average molecular weight is 660 g/mol. The van der Waals surface area contributed by atoms with Crippen LogP contribution in [0.5, 0.6) is 17.2 Å². The fourth-order valence-electron chi connectivity index (χ4n) is 8.93. The minimum Gasteiger partial charge on any atom is -0.496 e. The number of amides is 1. The van der Waals surface area contributed by atoms with Crippen LogP contribution in [0.15, 0.2) is 48.5 Å². The second-order valence-corrected chi connectivity index (χ2v) is 14.2. The highest BCUT2D eigenvalue weighted by Gasteiger charge is 2.62. The van der Waals surface area contributed by atoms with E-state index >= 15 is 0 Å². The van der Waals surface area contributed by atoms with Gasteiger partial charge in [-0.1, -0.05) is 23.7 Å². The maximum Gasteiger partial charge on any atom is 0.330 e. The first kappa shape index (κ1) is 31.8. The summed E-state index contributed by atoms with van der Waals surface area (Å²) in [4.78, 5) is 34.3. The lowest BCUT2D eigenvalue weighted by molar-refractivity contribution is -0.163. The number of carboxylic acid groups (broad SMARTS) is 1. The van der Waals surface area contributed by atoms with Crippen LogP contribution in [0.1, 0.15) is 55.4 Å². The van der Waals surface area contributed by atoms with Crippen LogP contribution in [0.3, 0.4) is 0 Å². The molecule has 5 aliphatic rings. The molecule has 10 heteroatoms. The van der Waals surface area contributed by atoms with E-state index in [2.05, 4.69) is 17.3 Å². The van der Waals surface area contributed by atoms with E-state index in [0.29, 0.717) is 56.5 Å². The number of nitrogens with one attached hydrogen (secondary N) is 1. The molecule has 4 saturated carbocycles. The summed E-state index contributed by atoms with van der Waals surface area (Å²) in [6, 6.07) is 14.5. The van der Waals surface area contributed by atoms with Crippen molar-refractivity contribution in [2.45, 2.75) is 56.6 Å². The van der Waals surface area contributed by atoms with Gasteiger partial charge in [-0.3, -0.25) is 4.79 Å². The maximum atomic E-state index is 14.1. The van der Waals surface area contributed by atoms with Crippen molar-refractivity contribution in [3.8, 4) is 39.6 Å². The third kappa shape index (κ3) is 5.71. The third-order valence-electron chi connectivity index (χ3n) is 11.1. The van der Waals surface area contributed by atoms with Gasteiger partial charge < -0.3 is 29.5 Å². The van der Waals surface area contributed by atoms with Crippen molar-refractivity contribution >= 4 is 23.5 Å². The molecule has 8 rings (SSSR count). The molecule has 248 valence electrons. The highest BCUT2D eigenvalue weighted by molar-refractivity contribution is 6.32. The van der Waals surface area contributed by atoms with E-state index in [1.165, 1.54) is 6.42 Å². The summed E-state index contributed by atoms with van der Waals surface area (Å²) in [5, 5.41) is 14.2. The molecule has 0 spiro atoms. The third-order valence-corrected chi connectivity index (χ3v) is 11.4. The summed E-state index contributed by atoms with van der Waals surface area (Å²) in [6.45, 7) is 1.89. The van der Waals surface area contributed by atoms with E-state index in [9.17, 15) is 14.7 Å². The summed E-state index contributed by atoms with van der Waals surface area (Å²) in [6.07, 6.45) is 6.37. The number of nitrogens with zero attached hydrogens (tertiary/aromatic N) is 2. The quantitative estimate of drug-likeness (QED) is 0.266. The Morgan fingerprint density at radius 2 is 1.55 bits per heavy atom. The van der Waals surface area contributed by atoms with Crippen molar-refractivity contribution in [1.29, 1.82) is 0 Å². The molecule has 0 atom stereocenters. The summed E-state index contributed by atoms with van der Waals surface area (Å²) >= 11 is 6.66. The normalized spacial score (nSPS) is 27.0. The number of carbonyl (C=O) groups excluding carboxylic acids is 1. The molecule has 1 aliphatic heterocycles. The van der Waals surface area contributed by atoms with Gasteiger partial charge in [0.1, 0.15) is 34.6 Å². The van der Waals surface area contributed by atoms with E-state index in [0.717, 1.165) is 51.6 Å². The number of pyridine rings is 1. The van der Waals surface area contributed by atoms with E-state index in [1.54, 1.807) is 26.4 Å². The van der Waals surface area contributed by atoms with Crippen LogP contribution in [-0.4, -0.2) is 72.9 Å². The largest absolute Gasteiger partial charge is 0.496 e. The Kier molecular flexibility index (Phi) is 8.55. The Morgan fingerprint density at radius 1 is 0.915 bits per heavy atom.